The highest BCUT2D eigenvalue weighted by Gasteiger charge is 1.86. The molecule has 0 aliphatic rings. The first kappa shape index (κ1) is 21.7. The first-order valence-electron chi connectivity index (χ1n) is 7.75. The van der Waals surface area contributed by atoms with Crippen molar-refractivity contribution >= 4 is 12.3 Å². The van der Waals surface area contributed by atoms with E-state index in [-0.39, 0.29) is 0 Å². The second-order valence-electron chi connectivity index (χ2n) is 4.64. The number of hydrogen-bond donors (Lipinski definition) is 1. The fourth-order valence-electron chi connectivity index (χ4n) is 1.48. The molecule has 0 saturated carbocycles. The minimum absolute atomic E-state index is 0.722. The molecule has 0 heterocycles. The molecule has 0 bridgehead atoms. The lowest BCUT2D eigenvalue weighted by atomic mass is 10.1. The lowest BCUT2D eigenvalue weighted by Gasteiger charge is -1.93. The highest BCUT2D eigenvalue weighted by Crippen LogP contribution is 2.03. The molecule has 1 N–H and O–H groups in total. The lowest BCUT2D eigenvalue weighted by molar-refractivity contribution is -0.134. The van der Waals surface area contributed by atoms with Gasteiger partial charge in [0.1, 0.15) is 6.29 Å². The zero-order chi connectivity index (χ0) is 16.2. The van der Waals surface area contributed by atoms with Crippen LogP contribution in [0.4, 0.5) is 0 Å². The van der Waals surface area contributed by atoms with Crippen LogP contribution in [-0.2, 0) is 9.59 Å². The number of rotatable bonds is 11. The van der Waals surface area contributed by atoms with Crippen LogP contribution in [0.25, 0.3) is 0 Å². The molecular weight excluding hydrogens is 264 g/mol. The van der Waals surface area contributed by atoms with Crippen LogP contribution in [-0.4, -0.2) is 17.4 Å². The first-order chi connectivity index (χ1) is 10.1. The third kappa shape index (κ3) is 32.2. The molecule has 0 aliphatic carbocycles. The third-order valence-electron chi connectivity index (χ3n) is 2.48. The Morgan fingerprint density at radius 3 is 2.00 bits per heavy atom. The van der Waals surface area contributed by atoms with E-state index < -0.39 is 5.97 Å². The van der Waals surface area contributed by atoms with Gasteiger partial charge in [-0.05, 0) is 38.5 Å². The largest absolute Gasteiger partial charge is 0.481 e. The number of carbonyl (C=O) groups is 2. The van der Waals surface area contributed by atoms with Gasteiger partial charge in [0.05, 0.1) is 0 Å². The molecule has 0 rings (SSSR count). The Kier molecular flexibility index (Phi) is 21.3. The number of unbranched alkanes of at least 4 members (excludes halogenated alkanes) is 5. The number of aliphatic carboxylic acids is 1. The van der Waals surface area contributed by atoms with Gasteiger partial charge in [0.2, 0.25) is 0 Å². The molecular formula is C18H30O3. The smallest absolute Gasteiger partial charge is 0.300 e. The highest BCUT2D eigenvalue weighted by molar-refractivity contribution is 5.62. The lowest BCUT2D eigenvalue weighted by Crippen LogP contribution is -1.78. The van der Waals surface area contributed by atoms with Crippen molar-refractivity contribution in [3.8, 4) is 0 Å². The SMILES string of the molecule is CC(=O)O.CC/C=C/C=C\CC/C=C\CCCCCC=O. The molecule has 0 spiro atoms. The number of carboxylic acid groups (broad SMARTS) is 1. The van der Waals surface area contributed by atoms with Crippen LogP contribution in [0.3, 0.4) is 0 Å². The maximum absolute atomic E-state index is 10.1. The summed E-state index contributed by atoms with van der Waals surface area (Å²) in [6.07, 6.45) is 22.8. The third-order valence-corrected chi connectivity index (χ3v) is 2.48. The van der Waals surface area contributed by atoms with E-state index in [1.807, 2.05) is 0 Å². The van der Waals surface area contributed by atoms with Crippen molar-refractivity contribution in [1.82, 2.24) is 0 Å². The van der Waals surface area contributed by atoms with Crippen molar-refractivity contribution in [1.29, 1.82) is 0 Å². The average molecular weight is 294 g/mol. The molecule has 0 amide bonds. The van der Waals surface area contributed by atoms with Crippen LogP contribution in [0.1, 0.15) is 65.2 Å². The number of carbonyl (C=O) groups excluding carboxylic acids is 1. The maximum atomic E-state index is 10.1. The van der Waals surface area contributed by atoms with Gasteiger partial charge in [-0.2, -0.15) is 0 Å². The van der Waals surface area contributed by atoms with Gasteiger partial charge >= 0.3 is 0 Å². The van der Waals surface area contributed by atoms with E-state index in [9.17, 15) is 4.79 Å². The molecule has 0 saturated heterocycles. The second kappa shape index (κ2) is 20.7. The summed E-state index contributed by atoms with van der Waals surface area (Å²) in [6, 6.07) is 0. The Bertz CT molecular complexity index is 310. The monoisotopic (exact) mass is 294 g/mol. The van der Waals surface area contributed by atoms with Crippen molar-refractivity contribution in [3.05, 3.63) is 36.5 Å². The molecule has 0 aliphatic heterocycles. The van der Waals surface area contributed by atoms with Gasteiger partial charge in [0.25, 0.3) is 5.97 Å². The van der Waals surface area contributed by atoms with E-state index in [4.69, 9.17) is 9.90 Å². The Hall–Kier alpha value is -1.64. The Balaban J connectivity index is 0. The summed E-state index contributed by atoms with van der Waals surface area (Å²) in [5.41, 5.74) is 0. The summed E-state index contributed by atoms with van der Waals surface area (Å²) >= 11 is 0. The average Bonchev–Trinajstić information content (AvgIpc) is 2.43. The van der Waals surface area contributed by atoms with Gasteiger partial charge in [-0.25, -0.2) is 0 Å². The van der Waals surface area contributed by atoms with Crippen LogP contribution < -0.4 is 0 Å². The molecule has 0 fully saturated rings. The van der Waals surface area contributed by atoms with E-state index in [0.29, 0.717) is 0 Å². The maximum Gasteiger partial charge on any atom is 0.300 e. The molecule has 0 radical (unpaired) electrons. The van der Waals surface area contributed by atoms with Gasteiger partial charge < -0.3 is 9.90 Å². The molecule has 0 aromatic rings. The van der Waals surface area contributed by atoms with Crippen molar-refractivity contribution in [2.45, 2.75) is 65.2 Å². The Labute approximate surface area is 129 Å². The van der Waals surface area contributed by atoms with Gasteiger partial charge in [0.15, 0.2) is 0 Å². The molecule has 120 valence electrons. The van der Waals surface area contributed by atoms with Gasteiger partial charge in [-0.1, -0.05) is 49.8 Å². The molecule has 0 atom stereocenters. The second-order valence-corrected chi connectivity index (χ2v) is 4.64. The van der Waals surface area contributed by atoms with Crippen LogP contribution in [0, 0.1) is 0 Å². The molecule has 3 nitrogen and oxygen atoms in total. The molecule has 0 aromatic heterocycles. The Morgan fingerprint density at radius 1 is 0.857 bits per heavy atom. The quantitative estimate of drug-likeness (QED) is 0.250. The molecule has 3 heteroatoms. The summed E-state index contributed by atoms with van der Waals surface area (Å²) in [5, 5.41) is 7.42. The predicted molar refractivity (Wildman–Crippen MR) is 89.4 cm³/mol. The van der Waals surface area contributed by atoms with E-state index in [0.717, 1.165) is 51.7 Å². The highest BCUT2D eigenvalue weighted by atomic mass is 16.4. The minimum Gasteiger partial charge on any atom is -0.481 e. The zero-order valence-corrected chi connectivity index (χ0v) is 13.5. The van der Waals surface area contributed by atoms with E-state index in [1.54, 1.807) is 0 Å². The van der Waals surface area contributed by atoms with Gasteiger partial charge in [0, 0.05) is 13.3 Å². The summed E-state index contributed by atoms with van der Waals surface area (Å²) in [7, 11) is 0. The summed E-state index contributed by atoms with van der Waals surface area (Å²) in [6.45, 7) is 3.22. The van der Waals surface area contributed by atoms with Crippen molar-refractivity contribution in [3.63, 3.8) is 0 Å². The normalized spacial score (nSPS) is 11.0. The first-order valence-corrected chi connectivity index (χ1v) is 7.75. The van der Waals surface area contributed by atoms with E-state index in [1.165, 1.54) is 12.8 Å². The van der Waals surface area contributed by atoms with Crippen LogP contribution in [0.15, 0.2) is 36.5 Å². The number of carboxylic acids is 1. The van der Waals surface area contributed by atoms with Crippen LogP contribution in [0.5, 0.6) is 0 Å². The molecule has 0 aromatic carbocycles. The summed E-state index contributed by atoms with van der Waals surface area (Å²) in [5.74, 6) is -0.833. The van der Waals surface area contributed by atoms with Crippen LogP contribution >= 0.6 is 0 Å². The number of aldehydes is 1. The minimum atomic E-state index is -0.833. The molecule has 21 heavy (non-hydrogen) atoms. The van der Waals surface area contributed by atoms with Gasteiger partial charge in [-0.3, -0.25) is 4.79 Å². The Morgan fingerprint density at radius 2 is 1.38 bits per heavy atom. The van der Waals surface area contributed by atoms with Crippen molar-refractivity contribution in [2.24, 2.45) is 0 Å². The van der Waals surface area contributed by atoms with E-state index in [2.05, 4.69) is 43.4 Å². The summed E-state index contributed by atoms with van der Waals surface area (Å²) < 4.78 is 0. The van der Waals surface area contributed by atoms with Gasteiger partial charge in [-0.15, -0.1) is 0 Å². The topological polar surface area (TPSA) is 54.4 Å². The fraction of sp³-hybridized carbons (Fsp3) is 0.556. The fourth-order valence-corrected chi connectivity index (χ4v) is 1.48. The zero-order valence-electron chi connectivity index (χ0n) is 13.5. The molecule has 0 unspecified atom stereocenters. The number of allylic oxidation sites excluding steroid dienone is 6. The van der Waals surface area contributed by atoms with Crippen LogP contribution in [0.2, 0.25) is 0 Å². The van der Waals surface area contributed by atoms with E-state index >= 15 is 0 Å². The summed E-state index contributed by atoms with van der Waals surface area (Å²) in [4.78, 5) is 19.1. The number of hydrogen-bond acceptors (Lipinski definition) is 2. The standard InChI is InChI=1S/C16H26O.C2H4O2/c1-2-3-4-5-6-7-8-9-10-11-12-13-14-15-16-17;1-2(3)4/h3-6,9-10,16H,2,7-8,11-15H2,1H3;1H3,(H,3,4)/b4-3+,6-5-,10-9-;. The van der Waals surface area contributed by atoms with Crippen molar-refractivity contribution < 1.29 is 14.7 Å². The van der Waals surface area contributed by atoms with Crippen molar-refractivity contribution in [2.75, 3.05) is 0 Å². The predicted octanol–water partition coefficient (Wildman–Crippen LogP) is 5.09.